The fraction of sp³-hybridized carbons (Fsp3) is 0.533. The molecule has 0 fully saturated rings. The van der Waals surface area contributed by atoms with Gasteiger partial charge in [0.1, 0.15) is 5.60 Å². The van der Waals surface area contributed by atoms with Gasteiger partial charge in [-0.2, -0.15) is 0 Å². The summed E-state index contributed by atoms with van der Waals surface area (Å²) in [6.07, 6.45) is -1.91. The van der Waals surface area contributed by atoms with E-state index in [0.29, 0.717) is 6.42 Å². The first kappa shape index (κ1) is 18.9. The van der Waals surface area contributed by atoms with Crippen LogP contribution in [-0.4, -0.2) is 51.1 Å². The second-order valence-corrected chi connectivity index (χ2v) is 6.08. The highest BCUT2D eigenvalue weighted by molar-refractivity contribution is 5.68. The van der Waals surface area contributed by atoms with E-state index in [1.165, 1.54) is 17.0 Å². The molecule has 128 valence electrons. The lowest BCUT2D eigenvalue weighted by atomic mass is 10.1. The molecular formula is C15H22N2O6. The first-order chi connectivity index (χ1) is 10.6. The summed E-state index contributed by atoms with van der Waals surface area (Å²) in [5.74, 6) is 0. The molecule has 23 heavy (non-hydrogen) atoms. The van der Waals surface area contributed by atoms with Crippen molar-refractivity contribution in [2.75, 3.05) is 13.1 Å². The molecule has 0 saturated carbocycles. The molecule has 0 aliphatic carbocycles. The van der Waals surface area contributed by atoms with E-state index in [1.807, 2.05) is 0 Å². The van der Waals surface area contributed by atoms with Crippen molar-refractivity contribution in [1.29, 1.82) is 0 Å². The molecule has 0 aliphatic rings. The van der Waals surface area contributed by atoms with Gasteiger partial charge in [0, 0.05) is 18.7 Å². The lowest BCUT2D eigenvalue weighted by Gasteiger charge is -2.27. The van der Waals surface area contributed by atoms with Gasteiger partial charge in [0.25, 0.3) is 5.69 Å². The Labute approximate surface area is 134 Å². The molecule has 0 unspecified atom stereocenters. The molecule has 0 aromatic heterocycles. The van der Waals surface area contributed by atoms with Crippen molar-refractivity contribution in [3.05, 3.63) is 39.9 Å². The Morgan fingerprint density at radius 1 is 1.30 bits per heavy atom. The number of benzene rings is 1. The van der Waals surface area contributed by atoms with Crippen LogP contribution in [0.2, 0.25) is 0 Å². The summed E-state index contributed by atoms with van der Waals surface area (Å²) in [5.41, 5.74) is 0.0865. The van der Waals surface area contributed by atoms with Crippen molar-refractivity contribution in [2.45, 2.75) is 39.1 Å². The van der Waals surface area contributed by atoms with Crippen LogP contribution in [0, 0.1) is 10.1 Å². The molecule has 0 bridgehead atoms. The summed E-state index contributed by atoms with van der Waals surface area (Å²) in [4.78, 5) is 23.4. The van der Waals surface area contributed by atoms with Crippen LogP contribution in [0.25, 0.3) is 0 Å². The fourth-order valence-corrected chi connectivity index (χ4v) is 1.83. The average Bonchev–Trinajstić information content (AvgIpc) is 2.41. The van der Waals surface area contributed by atoms with Crippen molar-refractivity contribution < 1.29 is 24.7 Å². The van der Waals surface area contributed by atoms with Gasteiger partial charge in [-0.3, -0.25) is 10.1 Å². The Kier molecular flexibility index (Phi) is 6.47. The van der Waals surface area contributed by atoms with Crippen LogP contribution in [0.15, 0.2) is 24.3 Å². The van der Waals surface area contributed by atoms with Gasteiger partial charge < -0.3 is 19.8 Å². The first-order valence-electron chi connectivity index (χ1n) is 7.16. The number of ether oxygens (including phenoxy) is 1. The summed E-state index contributed by atoms with van der Waals surface area (Å²) in [7, 11) is 0. The van der Waals surface area contributed by atoms with Crippen molar-refractivity contribution >= 4 is 11.8 Å². The molecule has 1 aromatic carbocycles. The number of aliphatic hydroxyl groups excluding tert-OH is 1. The Hall–Kier alpha value is -2.19. The summed E-state index contributed by atoms with van der Waals surface area (Å²) in [6, 6.07) is 5.96. The molecule has 8 heteroatoms. The van der Waals surface area contributed by atoms with Crippen molar-refractivity contribution in [2.24, 2.45) is 0 Å². The lowest BCUT2D eigenvalue weighted by Crippen LogP contribution is -2.42. The summed E-state index contributed by atoms with van der Waals surface area (Å²) < 4.78 is 5.22. The molecule has 0 spiro atoms. The third-order valence-electron chi connectivity index (χ3n) is 2.85. The largest absolute Gasteiger partial charge is 0.444 e. The third-order valence-corrected chi connectivity index (χ3v) is 2.85. The van der Waals surface area contributed by atoms with Crippen molar-refractivity contribution in [3.8, 4) is 0 Å². The lowest BCUT2D eigenvalue weighted by molar-refractivity contribution is -0.384. The Morgan fingerprint density at radius 3 is 2.30 bits per heavy atom. The molecule has 1 rings (SSSR count). The van der Waals surface area contributed by atoms with Gasteiger partial charge in [-0.1, -0.05) is 12.1 Å². The average molecular weight is 326 g/mol. The highest BCUT2D eigenvalue weighted by Gasteiger charge is 2.23. The van der Waals surface area contributed by atoms with Gasteiger partial charge in [0.15, 0.2) is 6.29 Å². The minimum Gasteiger partial charge on any atom is -0.444 e. The SMILES string of the molecule is CC(C)(C)OC(=O)N(CCc1ccc([N+](=O)[O-])cc1)CC(O)O. The smallest absolute Gasteiger partial charge is 0.410 e. The molecule has 1 aromatic rings. The minimum absolute atomic E-state index is 0.0106. The predicted molar refractivity (Wildman–Crippen MR) is 82.8 cm³/mol. The van der Waals surface area contributed by atoms with E-state index in [2.05, 4.69) is 0 Å². The van der Waals surface area contributed by atoms with E-state index in [-0.39, 0.29) is 18.8 Å². The van der Waals surface area contributed by atoms with Crippen LogP contribution in [0.5, 0.6) is 0 Å². The van der Waals surface area contributed by atoms with Gasteiger partial charge in [-0.25, -0.2) is 4.79 Å². The Bertz CT molecular complexity index is 536. The normalized spacial score (nSPS) is 11.4. The van der Waals surface area contributed by atoms with E-state index < -0.39 is 22.9 Å². The van der Waals surface area contributed by atoms with Crippen LogP contribution in [0.4, 0.5) is 10.5 Å². The van der Waals surface area contributed by atoms with Gasteiger partial charge >= 0.3 is 6.09 Å². The van der Waals surface area contributed by atoms with Gasteiger partial charge in [0.2, 0.25) is 0 Å². The van der Waals surface area contributed by atoms with Crippen LogP contribution in [0.3, 0.4) is 0 Å². The Balaban J connectivity index is 2.70. The monoisotopic (exact) mass is 326 g/mol. The molecule has 0 aliphatic heterocycles. The second kappa shape index (κ2) is 7.89. The molecule has 2 N–H and O–H groups in total. The van der Waals surface area contributed by atoms with E-state index in [1.54, 1.807) is 32.9 Å². The molecule has 1 amide bonds. The highest BCUT2D eigenvalue weighted by atomic mass is 16.6. The number of nitro groups is 1. The summed E-state index contributed by atoms with van der Waals surface area (Å²) in [6.45, 7) is 5.07. The van der Waals surface area contributed by atoms with Gasteiger partial charge in [-0.05, 0) is 32.8 Å². The standard InChI is InChI=1S/C15H22N2O6/c1-15(2,3)23-14(20)16(10-13(18)19)9-8-11-4-6-12(7-5-11)17(21)22/h4-7,13,18-19H,8-10H2,1-3H3. The number of amides is 1. The third kappa shape index (κ3) is 7.07. The number of hydrogen-bond acceptors (Lipinski definition) is 6. The molecule has 0 radical (unpaired) electrons. The van der Waals surface area contributed by atoms with Crippen molar-refractivity contribution in [1.82, 2.24) is 4.90 Å². The quantitative estimate of drug-likeness (QED) is 0.467. The van der Waals surface area contributed by atoms with Crippen LogP contribution >= 0.6 is 0 Å². The van der Waals surface area contributed by atoms with E-state index >= 15 is 0 Å². The molecular weight excluding hydrogens is 304 g/mol. The molecule has 8 nitrogen and oxygen atoms in total. The topological polar surface area (TPSA) is 113 Å². The van der Waals surface area contributed by atoms with E-state index in [4.69, 9.17) is 14.9 Å². The fourth-order valence-electron chi connectivity index (χ4n) is 1.83. The maximum atomic E-state index is 12.1. The van der Waals surface area contributed by atoms with Crippen LogP contribution < -0.4 is 0 Å². The number of nitro benzene ring substituents is 1. The maximum absolute atomic E-state index is 12.1. The number of carbonyl (C=O) groups excluding carboxylic acids is 1. The zero-order chi connectivity index (χ0) is 17.6. The summed E-state index contributed by atoms with van der Waals surface area (Å²) in [5, 5.41) is 28.8. The van der Waals surface area contributed by atoms with Gasteiger partial charge in [-0.15, -0.1) is 0 Å². The van der Waals surface area contributed by atoms with Gasteiger partial charge in [0.05, 0.1) is 11.5 Å². The van der Waals surface area contributed by atoms with Crippen molar-refractivity contribution in [3.63, 3.8) is 0 Å². The van der Waals surface area contributed by atoms with Crippen LogP contribution in [-0.2, 0) is 11.2 Å². The number of nitrogens with zero attached hydrogens (tertiary/aromatic N) is 2. The number of carbonyl (C=O) groups is 1. The summed E-state index contributed by atoms with van der Waals surface area (Å²) >= 11 is 0. The van der Waals surface area contributed by atoms with E-state index in [9.17, 15) is 14.9 Å². The molecule has 0 saturated heterocycles. The maximum Gasteiger partial charge on any atom is 0.410 e. The first-order valence-corrected chi connectivity index (χ1v) is 7.16. The molecule has 0 heterocycles. The molecule has 0 atom stereocenters. The highest BCUT2D eigenvalue weighted by Crippen LogP contribution is 2.14. The van der Waals surface area contributed by atoms with E-state index in [0.717, 1.165) is 5.56 Å². The zero-order valence-electron chi connectivity index (χ0n) is 13.4. The second-order valence-electron chi connectivity index (χ2n) is 6.08. The van der Waals surface area contributed by atoms with Crippen LogP contribution in [0.1, 0.15) is 26.3 Å². The number of rotatable bonds is 6. The predicted octanol–water partition coefficient (Wildman–Crippen LogP) is 1.69. The number of aliphatic hydroxyl groups is 2. The zero-order valence-corrected chi connectivity index (χ0v) is 13.4. The number of non-ortho nitro benzene ring substituents is 1. The Morgan fingerprint density at radius 2 is 1.87 bits per heavy atom. The number of hydrogen-bond donors (Lipinski definition) is 2. The minimum atomic E-state index is -1.67.